The third-order valence-electron chi connectivity index (χ3n) is 4.79. The molecule has 2 aromatic rings. The minimum absolute atomic E-state index is 0.0228. The highest BCUT2D eigenvalue weighted by atomic mass is 16.5. The normalized spacial score (nSPS) is 16.9. The van der Waals surface area contributed by atoms with Crippen molar-refractivity contribution in [3.8, 4) is 5.75 Å². The molecule has 6 nitrogen and oxygen atoms in total. The number of carbonyl (C=O) groups is 1. The number of aromatic amines is 1. The van der Waals surface area contributed by atoms with E-state index < -0.39 is 0 Å². The second kappa shape index (κ2) is 7.72. The van der Waals surface area contributed by atoms with E-state index in [1.807, 2.05) is 43.0 Å². The number of carbonyl (C=O) groups excluding carboxylic acids is 1. The van der Waals surface area contributed by atoms with Crippen molar-refractivity contribution in [1.82, 2.24) is 14.9 Å². The third-order valence-corrected chi connectivity index (χ3v) is 4.79. The second-order valence-corrected chi connectivity index (χ2v) is 6.94. The maximum absolute atomic E-state index is 12.9. The molecule has 1 saturated heterocycles. The van der Waals surface area contributed by atoms with Crippen LogP contribution < -0.4 is 10.3 Å². The predicted octanol–water partition coefficient (Wildman–Crippen LogP) is 2.81. The summed E-state index contributed by atoms with van der Waals surface area (Å²) in [4.78, 5) is 34.2. The summed E-state index contributed by atoms with van der Waals surface area (Å²) < 4.78 is 5.35. The number of nitrogens with zero attached hydrogens (tertiary/aromatic N) is 2. The molecule has 0 aliphatic carbocycles. The van der Waals surface area contributed by atoms with Crippen LogP contribution in [0.3, 0.4) is 0 Å². The predicted molar refractivity (Wildman–Crippen MR) is 99.3 cm³/mol. The van der Waals surface area contributed by atoms with E-state index >= 15 is 0 Å². The average molecular weight is 355 g/mol. The fourth-order valence-electron chi connectivity index (χ4n) is 3.41. The molecule has 1 aliphatic heterocycles. The molecule has 26 heavy (non-hydrogen) atoms. The van der Waals surface area contributed by atoms with Crippen molar-refractivity contribution in [1.29, 1.82) is 0 Å². The number of rotatable bonds is 5. The zero-order valence-corrected chi connectivity index (χ0v) is 15.5. The van der Waals surface area contributed by atoms with E-state index in [0.717, 1.165) is 24.1 Å². The van der Waals surface area contributed by atoms with Gasteiger partial charge in [0.1, 0.15) is 11.6 Å². The number of hydrogen-bond acceptors (Lipinski definition) is 4. The van der Waals surface area contributed by atoms with Gasteiger partial charge in [0.05, 0.1) is 25.3 Å². The van der Waals surface area contributed by atoms with Gasteiger partial charge in [-0.3, -0.25) is 9.59 Å². The van der Waals surface area contributed by atoms with Gasteiger partial charge < -0.3 is 14.6 Å². The summed E-state index contributed by atoms with van der Waals surface area (Å²) in [6.45, 7) is 4.68. The number of likely N-dealkylation sites (tertiary alicyclic amines) is 1. The van der Waals surface area contributed by atoms with Gasteiger partial charge in [0, 0.05) is 18.2 Å². The van der Waals surface area contributed by atoms with E-state index in [2.05, 4.69) is 9.97 Å². The number of H-pyrrole nitrogens is 1. The quantitative estimate of drug-likeness (QED) is 0.895. The Labute approximate surface area is 153 Å². The van der Waals surface area contributed by atoms with E-state index in [4.69, 9.17) is 4.74 Å². The molecular formula is C20H25N3O3. The highest BCUT2D eigenvalue weighted by Gasteiger charge is 2.32. The van der Waals surface area contributed by atoms with Gasteiger partial charge in [0.15, 0.2) is 0 Å². The Morgan fingerprint density at radius 2 is 2.15 bits per heavy atom. The molecule has 1 unspecified atom stereocenters. The Morgan fingerprint density at radius 1 is 1.38 bits per heavy atom. The van der Waals surface area contributed by atoms with Crippen molar-refractivity contribution in [2.45, 2.75) is 45.1 Å². The van der Waals surface area contributed by atoms with E-state index in [1.54, 1.807) is 7.11 Å². The van der Waals surface area contributed by atoms with Gasteiger partial charge in [-0.05, 0) is 24.8 Å². The standard InChI is InChI=1S/C20H25N3O3/c1-13(2)15-12-18(24)22-20(21-15)16-8-6-10-23(16)19(25)11-14-7-4-5-9-17(14)26-3/h4-5,7,9,12-13,16H,6,8,10-11H2,1-3H3,(H,21,22,24). The number of nitrogens with one attached hydrogen (secondary N) is 1. The van der Waals surface area contributed by atoms with Crippen LogP contribution >= 0.6 is 0 Å². The summed E-state index contributed by atoms with van der Waals surface area (Å²) >= 11 is 0. The Bertz CT molecular complexity index is 844. The molecule has 1 fully saturated rings. The average Bonchev–Trinajstić information content (AvgIpc) is 3.11. The molecule has 1 N–H and O–H groups in total. The van der Waals surface area contributed by atoms with Crippen molar-refractivity contribution in [3.05, 3.63) is 57.8 Å². The number of methoxy groups -OCH3 is 1. The van der Waals surface area contributed by atoms with Gasteiger partial charge in [0.25, 0.3) is 5.56 Å². The molecule has 0 bridgehead atoms. The molecule has 3 rings (SSSR count). The fraction of sp³-hybridized carbons (Fsp3) is 0.450. The maximum atomic E-state index is 12.9. The van der Waals surface area contributed by atoms with Crippen LogP contribution in [-0.4, -0.2) is 34.4 Å². The van der Waals surface area contributed by atoms with Crippen LogP contribution in [0.25, 0.3) is 0 Å². The van der Waals surface area contributed by atoms with E-state index in [0.29, 0.717) is 18.1 Å². The molecule has 0 saturated carbocycles. The lowest BCUT2D eigenvalue weighted by Crippen LogP contribution is -2.33. The van der Waals surface area contributed by atoms with Crippen LogP contribution in [0.2, 0.25) is 0 Å². The largest absolute Gasteiger partial charge is 0.496 e. The molecule has 6 heteroatoms. The minimum atomic E-state index is -0.177. The molecule has 0 spiro atoms. The third kappa shape index (κ3) is 3.79. The van der Waals surface area contributed by atoms with Crippen LogP contribution in [-0.2, 0) is 11.2 Å². The van der Waals surface area contributed by atoms with E-state index in [9.17, 15) is 9.59 Å². The topological polar surface area (TPSA) is 75.3 Å². The Morgan fingerprint density at radius 3 is 2.88 bits per heavy atom. The SMILES string of the molecule is COc1ccccc1CC(=O)N1CCCC1c1nc(C(C)C)cc(=O)[nH]1. The van der Waals surface area contributed by atoms with Crippen molar-refractivity contribution < 1.29 is 9.53 Å². The lowest BCUT2D eigenvalue weighted by molar-refractivity contribution is -0.131. The minimum Gasteiger partial charge on any atom is -0.496 e. The van der Waals surface area contributed by atoms with Crippen LogP contribution in [0.1, 0.15) is 55.7 Å². The van der Waals surface area contributed by atoms with Crippen molar-refractivity contribution in [3.63, 3.8) is 0 Å². The molecule has 1 aromatic heterocycles. The smallest absolute Gasteiger partial charge is 0.251 e. The summed E-state index contributed by atoms with van der Waals surface area (Å²) in [5.74, 6) is 1.49. The lowest BCUT2D eigenvalue weighted by atomic mass is 10.1. The van der Waals surface area contributed by atoms with Gasteiger partial charge >= 0.3 is 0 Å². The van der Waals surface area contributed by atoms with Crippen molar-refractivity contribution in [2.75, 3.05) is 13.7 Å². The molecule has 1 aliphatic rings. The van der Waals surface area contributed by atoms with Crippen LogP contribution in [0.5, 0.6) is 5.75 Å². The Balaban J connectivity index is 1.84. The Hall–Kier alpha value is -2.63. The monoisotopic (exact) mass is 355 g/mol. The zero-order valence-electron chi connectivity index (χ0n) is 15.5. The Kier molecular flexibility index (Phi) is 5.40. The number of ether oxygens (including phenoxy) is 1. The van der Waals surface area contributed by atoms with Gasteiger partial charge in [-0.15, -0.1) is 0 Å². The molecular weight excluding hydrogens is 330 g/mol. The second-order valence-electron chi connectivity index (χ2n) is 6.94. The highest BCUT2D eigenvalue weighted by molar-refractivity contribution is 5.80. The molecule has 1 aromatic carbocycles. The van der Waals surface area contributed by atoms with Gasteiger partial charge in [-0.25, -0.2) is 4.98 Å². The summed E-state index contributed by atoms with van der Waals surface area (Å²) in [6.07, 6.45) is 1.98. The van der Waals surface area contributed by atoms with Crippen LogP contribution in [0, 0.1) is 0 Å². The first-order valence-corrected chi connectivity index (χ1v) is 9.02. The van der Waals surface area contributed by atoms with E-state index in [1.165, 1.54) is 6.07 Å². The first-order valence-electron chi connectivity index (χ1n) is 9.02. The molecule has 1 amide bonds. The molecule has 1 atom stereocenters. The van der Waals surface area contributed by atoms with Crippen LogP contribution in [0.4, 0.5) is 0 Å². The van der Waals surface area contributed by atoms with E-state index in [-0.39, 0.29) is 29.8 Å². The van der Waals surface area contributed by atoms with Gasteiger partial charge in [-0.2, -0.15) is 0 Å². The molecule has 0 radical (unpaired) electrons. The summed E-state index contributed by atoms with van der Waals surface area (Å²) in [5.41, 5.74) is 1.46. The summed E-state index contributed by atoms with van der Waals surface area (Å²) in [6, 6.07) is 8.90. The van der Waals surface area contributed by atoms with Gasteiger partial charge in [0.2, 0.25) is 5.91 Å². The number of benzene rings is 1. The summed E-state index contributed by atoms with van der Waals surface area (Å²) in [7, 11) is 1.61. The van der Waals surface area contributed by atoms with Crippen molar-refractivity contribution in [2.24, 2.45) is 0 Å². The number of aromatic nitrogens is 2. The summed E-state index contributed by atoms with van der Waals surface area (Å²) in [5, 5.41) is 0. The number of hydrogen-bond donors (Lipinski definition) is 1. The molecule has 2 heterocycles. The zero-order chi connectivity index (χ0) is 18.7. The highest BCUT2D eigenvalue weighted by Crippen LogP contribution is 2.31. The lowest BCUT2D eigenvalue weighted by Gasteiger charge is -2.25. The maximum Gasteiger partial charge on any atom is 0.251 e. The fourth-order valence-corrected chi connectivity index (χ4v) is 3.41. The van der Waals surface area contributed by atoms with Gasteiger partial charge in [-0.1, -0.05) is 32.0 Å². The van der Waals surface area contributed by atoms with Crippen LogP contribution in [0.15, 0.2) is 35.1 Å². The number of para-hydroxylation sites is 1. The first-order chi connectivity index (χ1) is 12.5. The first kappa shape index (κ1) is 18.2. The number of amides is 1. The van der Waals surface area contributed by atoms with Crippen molar-refractivity contribution >= 4 is 5.91 Å². The molecule has 138 valence electrons.